The van der Waals surface area contributed by atoms with Crippen LogP contribution in [0.5, 0.6) is 0 Å². The van der Waals surface area contributed by atoms with E-state index in [-0.39, 0.29) is 47.3 Å². The second-order valence-corrected chi connectivity index (χ2v) is 12.3. The quantitative estimate of drug-likeness (QED) is 0.249. The van der Waals surface area contributed by atoms with Crippen LogP contribution >= 0.6 is 23.2 Å². The highest BCUT2D eigenvalue weighted by atomic mass is 35.5. The maximum atomic E-state index is 12.6. The van der Waals surface area contributed by atoms with E-state index >= 15 is 0 Å². The molecule has 0 aromatic heterocycles. The molecule has 4 rings (SSSR count). The summed E-state index contributed by atoms with van der Waals surface area (Å²) in [6.45, 7) is 0. The number of hydrogen-bond donors (Lipinski definition) is 2. The molecule has 16 heteroatoms. The van der Waals surface area contributed by atoms with Crippen molar-refractivity contribution in [1.29, 1.82) is 0 Å². The Hall–Kier alpha value is -0.340. The number of rotatable bonds is 4. The summed E-state index contributed by atoms with van der Waals surface area (Å²) in [5.74, 6) is -2.14. The van der Waals surface area contributed by atoms with E-state index in [1.165, 1.54) is 0 Å². The van der Waals surface area contributed by atoms with E-state index in [4.69, 9.17) is 33.4 Å². The highest BCUT2D eigenvalue weighted by molar-refractivity contribution is 6.21. The molecule has 2 N–H and O–H groups in total. The van der Waals surface area contributed by atoms with Gasteiger partial charge in [0.25, 0.3) is 11.2 Å². The van der Waals surface area contributed by atoms with Crippen LogP contribution in [0.25, 0.3) is 0 Å². The molecule has 224 valence electrons. The summed E-state index contributed by atoms with van der Waals surface area (Å²) >= 11 is 11.8. The topological polar surface area (TPSA) is 40.5 Å². The van der Waals surface area contributed by atoms with Crippen LogP contribution in [0.2, 0.25) is 0 Å². The summed E-state index contributed by atoms with van der Waals surface area (Å²) < 4.78 is 151. The highest BCUT2D eigenvalue weighted by Crippen LogP contribution is 2.58. The first kappa shape index (κ1) is 32.2. The van der Waals surface area contributed by atoms with E-state index in [1.807, 2.05) is 0 Å². The lowest BCUT2D eigenvalue weighted by atomic mass is 9.79. The van der Waals surface area contributed by atoms with Gasteiger partial charge >= 0.3 is 24.7 Å². The van der Waals surface area contributed by atoms with Crippen molar-refractivity contribution in [1.82, 2.24) is 0 Å². The van der Waals surface area contributed by atoms with Crippen LogP contribution in [0.15, 0.2) is 0 Å². The summed E-state index contributed by atoms with van der Waals surface area (Å²) in [5, 5.41) is 17.8. The molecule has 0 aliphatic heterocycles. The van der Waals surface area contributed by atoms with Crippen LogP contribution in [-0.4, -0.2) is 56.9 Å². The zero-order chi connectivity index (χ0) is 29.3. The zero-order valence-corrected chi connectivity index (χ0v) is 21.0. The zero-order valence-electron chi connectivity index (χ0n) is 19.5. The molecular formula is C22H26Cl2F12O2. The molecule has 0 amide bonds. The Kier molecular flexibility index (Phi) is 8.62. The molecule has 38 heavy (non-hydrogen) atoms. The molecule has 0 radical (unpaired) electrons. The molecule has 0 aromatic carbocycles. The van der Waals surface area contributed by atoms with E-state index in [2.05, 4.69) is 0 Å². The molecule has 8 unspecified atom stereocenters. The number of halogens is 14. The van der Waals surface area contributed by atoms with Gasteiger partial charge in [0.1, 0.15) is 0 Å². The van der Waals surface area contributed by atoms with Crippen LogP contribution in [0.3, 0.4) is 0 Å². The minimum absolute atomic E-state index is 0.0256. The van der Waals surface area contributed by atoms with Gasteiger partial charge in [0.15, 0.2) is 0 Å². The van der Waals surface area contributed by atoms with Crippen LogP contribution in [0, 0.1) is 35.5 Å². The van der Waals surface area contributed by atoms with Gasteiger partial charge < -0.3 is 10.2 Å². The monoisotopic (exact) mass is 620 g/mol. The van der Waals surface area contributed by atoms with Gasteiger partial charge in [-0.1, -0.05) is 0 Å². The molecule has 2 nitrogen and oxygen atoms in total. The van der Waals surface area contributed by atoms with Gasteiger partial charge in [-0.2, -0.15) is 52.7 Å². The van der Waals surface area contributed by atoms with Gasteiger partial charge in [0, 0.05) is 10.8 Å². The highest BCUT2D eigenvalue weighted by Gasteiger charge is 2.72. The molecule has 4 aliphatic carbocycles. The standard InChI is InChI=1S/2C11H13ClF6O/c12-8-3-5-1-6(8)2-7(5)4-9(19,10(13,14)15)11(16,17)18;12-8-3-5-1-6(7(8)2-5)4-9(19,10(13,14)15)11(16,17)18/h2*5-8,19H,1-4H2. The molecule has 4 aliphatic rings. The normalized spacial score (nSPS) is 36.0. The third-order valence-electron chi connectivity index (χ3n) is 8.78. The number of aliphatic hydroxyl groups is 2. The smallest absolute Gasteiger partial charge is 0.374 e. The first-order valence-corrected chi connectivity index (χ1v) is 12.8. The number of alkyl halides is 14. The lowest BCUT2D eigenvalue weighted by Gasteiger charge is -2.37. The molecule has 8 atom stereocenters. The fourth-order valence-corrected chi connectivity index (χ4v) is 7.75. The van der Waals surface area contributed by atoms with E-state index < -0.39 is 60.6 Å². The molecule has 4 fully saturated rings. The first-order chi connectivity index (χ1) is 16.9. The SMILES string of the molecule is OC(CC1CC2CC(Cl)C1C2)(C(F)(F)F)C(F)(F)F.OC(CC1CC2CC1CC2Cl)(C(F)(F)F)C(F)(F)F. The first-order valence-electron chi connectivity index (χ1n) is 11.9. The number of hydrogen-bond acceptors (Lipinski definition) is 2. The Bertz CT molecular complexity index is 810. The van der Waals surface area contributed by atoms with E-state index in [0.29, 0.717) is 25.7 Å². The third kappa shape index (κ3) is 5.84. The largest absolute Gasteiger partial charge is 0.426 e. The second-order valence-electron chi connectivity index (χ2n) is 11.1. The van der Waals surface area contributed by atoms with Gasteiger partial charge in [-0.25, -0.2) is 0 Å². The fraction of sp³-hybridized carbons (Fsp3) is 1.00. The van der Waals surface area contributed by atoms with Crippen LogP contribution < -0.4 is 0 Å². The molecule has 4 saturated carbocycles. The minimum atomic E-state index is -5.73. The van der Waals surface area contributed by atoms with Gasteiger partial charge in [-0.05, 0) is 86.9 Å². The Balaban J connectivity index is 0.000000211. The molecule has 0 heterocycles. The lowest BCUT2D eigenvalue weighted by molar-refractivity contribution is -0.373. The van der Waals surface area contributed by atoms with E-state index in [0.717, 1.165) is 0 Å². The van der Waals surface area contributed by atoms with Crippen LogP contribution in [-0.2, 0) is 0 Å². The van der Waals surface area contributed by atoms with E-state index in [1.54, 1.807) is 0 Å². The Morgan fingerprint density at radius 2 is 0.947 bits per heavy atom. The summed E-state index contributed by atoms with van der Waals surface area (Å²) in [4.78, 5) is 0. The Morgan fingerprint density at radius 1 is 0.500 bits per heavy atom. The van der Waals surface area contributed by atoms with Crippen molar-refractivity contribution in [3.63, 3.8) is 0 Å². The van der Waals surface area contributed by atoms with Crippen molar-refractivity contribution in [3.05, 3.63) is 0 Å². The summed E-state index contributed by atoms with van der Waals surface area (Å²) in [6, 6.07) is 0. The molecule has 4 bridgehead atoms. The summed E-state index contributed by atoms with van der Waals surface area (Å²) in [5.41, 5.74) is -9.25. The Morgan fingerprint density at radius 3 is 1.26 bits per heavy atom. The third-order valence-corrected chi connectivity index (χ3v) is 9.81. The minimum Gasteiger partial charge on any atom is -0.374 e. The van der Waals surface area contributed by atoms with Crippen molar-refractivity contribution in [3.8, 4) is 0 Å². The fourth-order valence-electron chi connectivity index (χ4n) is 6.76. The Labute approximate surface area is 220 Å². The molecule has 0 aromatic rings. The predicted molar refractivity (Wildman–Crippen MR) is 111 cm³/mol. The summed E-state index contributed by atoms with van der Waals surface area (Å²) in [7, 11) is 0. The van der Waals surface area contributed by atoms with Crippen molar-refractivity contribution in [2.75, 3.05) is 0 Å². The van der Waals surface area contributed by atoms with Gasteiger partial charge in [0.2, 0.25) is 0 Å². The number of fused-ring (bicyclic) bond motifs is 4. The van der Waals surface area contributed by atoms with Crippen molar-refractivity contribution in [2.24, 2.45) is 35.5 Å². The second kappa shape index (κ2) is 10.2. The predicted octanol–water partition coefficient (Wildman–Crippen LogP) is 7.77. The maximum absolute atomic E-state index is 12.6. The van der Waals surface area contributed by atoms with Crippen LogP contribution in [0.4, 0.5) is 52.7 Å². The molecule has 0 spiro atoms. The van der Waals surface area contributed by atoms with E-state index in [9.17, 15) is 52.7 Å². The van der Waals surface area contributed by atoms with Crippen molar-refractivity contribution < 1.29 is 62.9 Å². The van der Waals surface area contributed by atoms with Crippen LogP contribution in [0.1, 0.15) is 51.4 Å². The maximum Gasteiger partial charge on any atom is 0.426 e. The molecular weight excluding hydrogens is 595 g/mol. The van der Waals surface area contributed by atoms with Crippen molar-refractivity contribution >= 4 is 23.2 Å². The lowest BCUT2D eigenvalue weighted by Crippen LogP contribution is -2.58. The van der Waals surface area contributed by atoms with Gasteiger partial charge in [0.05, 0.1) is 0 Å². The summed E-state index contributed by atoms with van der Waals surface area (Å²) in [6.07, 6.45) is -22.8. The van der Waals surface area contributed by atoms with Gasteiger partial charge in [-0.3, -0.25) is 0 Å². The van der Waals surface area contributed by atoms with Gasteiger partial charge in [-0.15, -0.1) is 23.2 Å². The van der Waals surface area contributed by atoms with Crippen molar-refractivity contribution in [2.45, 2.75) is 98.0 Å². The average molecular weight is 621 g/mol. The average Bonchev–Trinajstić information content (AvgIpc) is 3.45. The molecule has 0 saturated heterocycles.